The highest BCUT2D eigenvalue weighted by atomic mass is 16.3. The molecule has 0 bridgehead atoms. The van der Waals surface area contributed by atoms with Crippen molar-refractivity contribution in [1.29, 1.82) is 0 Å². The Labute approximate surface area is 60.3 Å². The number of aromatic nitrogens is 2. The van der Waals surface area contributed by atoms with Gasteiger partial charge in [0.25, 0.3) is 0 Å². The summed E-state index contributed by atoms with van der Waals surface area (Å²) < 4.78 is 1.76. The first-order valence-electron chi connectivity index (χ1n) is 3.47. The second kappa shape index (κ2) is 2.73. The van der Waals surface area contributed by atoms with Crippen LogP contribution in [0.1, 0.15) is 26.3 Å². The molecule has 0 fully saturated rings. The lowest BCUT2D eigenvalue weighted by Crippen LogP contribution is -2.03. The third kappa shape index (κ3) is 1.29. The lowest BCUT2D eigenvalue weighted by molar-refractivity contribution is 0.458. The maximum Gasteiger partial charge on any atom is 0.153 e. The van der Waals surface area contributed by atoms with Crippen molar-refractivity contribution in [1.82, 2.24) is 9.78 Å². The van der Waals surface area contributed by atoms with Crippen LogP contribution in [0, 0.1) is 0 Å². The molecule has 10 heavy (non-hydrogen) atoms. The topological polar surface area (TPSA) is 38.0 Å². The summed E-state index contributed by atoms with van der Waals surface area (Å²) in [5, 5.41) is 12.9. The van der Waals surface area contributed by atoms with Gasteiger partial charge in [0.2, 0.25) is 0 Å². The maximum atomic E-state index is 8.91. The van der Waals surface area contributed by atoms with Crippen LogP contribution >= 0.6 is 0 Å². The quantitative estimate of drug-likeness (QED) is 0.677. The number of aromatic hydroxyl groups is 1. The standard InChI is InChI=1S/C7H12N2O/c1-3-6(2)9-5-7(10)4-8-9/h4-6,10H,3H2,1-2H3. The second-order valence-electron chi connectivity index (χ2n) is 2.44. The fraction of sp³-hybridized carbons (Fsp3) is 0.571. The average molecular weight is 140 g/mol. The predicted octanol–water partition coefficient (Wildman–Crippen LogP) is 1.56. The monoisotopic (exact) mass is 140 g/mol. The zero-order valence-corrected chi connectivity index (χ0v) is 6.28. The van der Waals surface area contributed by atoms with E-state index in [2.05, 4.69) is 18.9 Å². The van der Waals surface area contributed by atoms with Gasteiger partial charge in [-0.3, -0.25) is 4.68 Å². The van der Waals surface area contributed by atoms with Crippen molar-refractivity contribution in [3.05, 3.63) is 12.4 Å². The summed E-state index contributed by atoms with van der Waals surface area (Å²) >= 11 is 0. The van der Waals surface area contributed by atoms with Crippen LogP contribution in [0.15, 0.2) is 12.4 Å². The Morgan fingerprint density at radius 1 is 1.80 bits per heavy atom. The number of rotatable bonds is 2. The van der Waals surface area contributed by atoms with Gasteiger partial charge in [-0.2, -0.15) is 5.10 Å². The van der Waals surface area contributed by atoms with Crippen molar-refractivity contribution in [3.63, 3.8) is 0 Å². The van der Waals surface area contributed by atoms with Crippen molar-refractivity contribution >= 4 is 0 Å². The van der Waals surface area contributed by atoms with Gasteiger partial charge >= 0.3 is 0 Å². The minimum absolute atomic E-state index is 0.236. The second-order valence-corrected chi connectivity index (χ2v) is 2.44. The smallest absolute Gasteiger partial charge is 0.153 e. The largest absolute Gasteiger partial charge is 0.505 e. The summed E-state index contributed by atoms with van der Waals surface area (Å²) in [4.78, 5) is 0. The van der Waals surface area contributed by atoms with Gasteiger partial charge in [0.15, 0.2) is 5.75 Å². The van der Waals surface area contributed by atoms with E-state index >= 15 is 0 Å². The van der Waals surface area contributed by atoms with Gasteiger partial charge < -0.3 is 5.11 Å². The summed E-state index contributed by atoms with van der Waals surface area (Å²) in [6, 6.07) is 0.376. The van der Waals surface area contributed by atoms with Gasteiger partial charge in [-0.15, -0.1) is 0 Å². The molecular weight excluding hydrogens is 128 g/mol. The van der Waals surface area contributed by atoms with Crippen molar-refractivity contribution in [2.24, 2.45) is 0 Å². The Morgan fingerprint density at radius 3 is 2.90 bits per heavy atom. The molecule has 0 saturated heterocycles. The van der Waals surface area contributed by atoms with Gasteiger partial charge in [0.05, 0.1) is 12.4 Å². The van der Waals surface area contributed by atoms with Crippen LogP contribution < -0.4 is 0 Å². The normalized spacial score (nSPS) is 13.4. The summed E-state index contributed by atoms with van der Waals surface area (Å²) in [5.74, 6) is 0.236. The van der Waals surface area contributed by atoms with Crippen LogP contribution in [0.4, 0.5) is 0 Å². The van der Waals surface area contributed by atoms with Crippen LogP contribution in [-0.4, -0.2) is 14.9 Å². The molecule has 56 valence electrons. The van der Waals surface area contributed by atoms with Crippen molar-refractivity contribution < 1.29 is 5.11 Å². The van der Waals surface area contributed by atoms with Gasteiger partial charge in [-0.05, 0) is 13.3 Å². The molecule has 0 spiro atoms. The molecule has 1 rings (SSSR count). The Bertz CT molecular complexity index is 207. The summed E-state index contributed by atoms with van der Waals surface area (Å²) in [6.45, 7) is 4.15. The van der Waals surface area contributed by atoms with E-state index in [9.17, 15) is 0 Å². The molecule has 0 amide bonds. The van der Waals surface area contributed by atoms with Crippen LogP contribution in [0.3, 0.4) is 0 Å². The van der Waals surface area contributed by atoms with Crippen LogP contribution in [0.25, 0.3) is 0 Å². The Morgan fingerprint density at radius 2 is 2.50 bits per heavy atom. The first-order valence-corrected chi connectivity index (χ1v) is 3.47. The number of hydrogen-bond acceptors (Lipinski definition) is 2. The minimum atomic E-state index is 0.236. The third-order valence-corrected chi connectivity index (χ3v) is 1.63. The molecule has 0 aliphatic heterocycles. The van der Waals surface area contributed by atoms with Crippen LogP contribution in [0.5, 0.6) is 5.75 Å². The highest BCUT2D eigenvalue weighted by molar-refractivity contribution is 5.08. The zero-order chi connectivity index (χ0) is 7.56. The minimum Gasteiger partial charge on any atom is -0.505 e. The number of nitrogens with zero attached hydrogens (tertiary/aromatic N) is 2. The lowest BCUT2D eigenvalue weighted by Gasteiger charge is -2.06. The zero-order valence-electron chi connectivity index (χ0n) is 6.28. The molecule has 0 aliphatic carbocycles. The van der Waals surface area contributed by atoms with Gasteiger partial charge in [0, 0.05) is 6.04 Å². The Hall–Kier alpha value is -0.990. The van der Waals surface area contributed by atoms with E-state index in [-0.39, 0.29) is 5.75 Å². The fourth-order valence-electron chi connectivity index (χ4n) is 0.756. The molecule has 0 aromatic carbocycles. The van der Waals surface area contributed by atoms with E-state index in [1.807, 2.05) is 0 Å². The van der Waals surface area contributed by atoms with E-state index in [4.69, 9.17) is 5.11 Å². The third-order valence-electron chi connectivity index (χ3n) is 1.63. The number of hydrogen-bond donors (Lipinski definition) is 1. The predicted molar refractivity (Wildman–Crippen MR) is 38.9 cm³/mol. The molecule has 3 nitrogen and oxygen atoms in total. The molecule has 1 aromatic rings. The average Bonchev–Trinajstić information content (AvgIpc) is 2.34. The van der Waals surface area contributed by atoms with Crippen LogP contribution in [-0.2, 0) is 0 Å². The van der Waals surface area contributed by atoms with E-state index in [1.54, 1.807) is 10.9 Å². The Kier molecular flexibility index (Phi) is 1.94. The Balaban J connectivity index is 2.74. The van der Waals surface area contributed by atoms with Crippen molar-refractivity contribution in [2.75, 3.05) is 0 Å². The molecular formula is C7H12N2O. The summed E-state index contributed by atoms with van der Waals surface area (Å²) in [7, 11) is 0. The van der Waals surface area contributed by atoms with Crippen molar-refractivity contribution in [2.45, 2.75) is 26.3 Å². The molecule has 1 N–H and O–H groups in total. The van der Waals surface area contributed by atoms with Crippen molar-refractivity contribution in [3.8, 4) is 5.75 Å². The summed E-state index contributed by atoms with van der Waals surface area (Å²) in [6.07, 6.45) is 4.11. The molecule has 1 heterocycles. The molecule has 1 atom stereocenters. The first-order chi connectivity index (χ1) is 4.74. The first kappa shape index (κ1) is 7.12. The van der Waals surface area contributed by atoms with E-state index < -0.39 is 0 Å². The highest BCUT2D eigenvalue weighted by Crippen LogP contribution is 2.12. The summed E-state index contributed by atoms with van der Waals surface area (Å²) in [5.41, 5.74) is 0. The van der Waals surface area contributed by atoms with Gasteiger partial charge in [-0.25, -0.2) is 0 Å². The van der Waals surface area contributed by atoms with E-state index in [0.29, 0.717) is 6.04 Å². The molecule has 1 unspecified atom stereocenters. The lowest BCUT2D eigenvalue weighted by atomic mass is 10.3. The molecule has 0 aliphatic rings. The molecule has 3 heteroatoms. The highest BCUT2D eigenvalue weighted by Gasteiger charge is 2.01. The fourth-order valence-corrected chi connectivity index (χ4v) is 0.756. The molecule has 1 aromatic heterocycles. The SMILES string of the molecule is CCC(C)n1cc(O)cn1. The maximum absolute atomic E-state index is 8.91. The molecule has 0 radical (unpaired) electrons. The van der Waals surface area contributed by atoms with Gasteiger partial charge in [0.1, 0.15) is 0 Å². The van der Waals surface area contributed by atoms with E-state index in [1.165, 1.54) is 6.20 Å². The van der Waals surface area contributed by atoms with E-state index in [0.717, 1.165) is 6.42 Å². The van der Waals surface area contributed by atoms with Crippen LogP contribution in [0.2, 0.25) is 0 Å². The molecule has 0 saturated carbocycles. The van der Waals surface area contributed by atoms with Gasteiger partial charge in [-0.1, -0.05) is 6.92 Å².